The summed E-state index contributed by atoms with van der Waals surface area (Å²) >= 11 is 0. The number of hydrogen-bond acceptors (Lipinski definition) is 4. The van der Waals surface area contributed by atoms with E-state index in [1.165, 1.54) is 0 Å². The smallest absolute Gasteiger partial charge is 0.407 e. The number of carbonyl (C=O) groups excluding carboxylic acids is 2. The van der Waals surface area contributed by atoms with Crippen LogP contribution in [-0.2, 0) is 14.3 Å². The van der Waals surface area contributed by atoms with Gasteiger partial charge in [-0.2, -0.15) is 0 Å². The molecule has 182 valence electrons. The van der Waals surface area contributed by atoms with Gasteiger partial charge in [0, 0.05) is 19.0 Å². The van der Waals surface area contributed by atoms with Crippen LogP contribution in [0.2, 0.25) is 0 Å². The molecule has 0 aliphatic heterocycles. The van der Waals surface area contributed by atoms with Gasteiger partial charge in [0.05, 0.1) is 11.8 Å². The van der Waals surface area contributed by atoms with Crippen molar-refractivity contribution in [3.05, 3.63) is 59.7 Å². The monoisotopic (exact) mass is 466 g/mol. The molecule has 7 nitrogen and oxygen atoms in total. The maximum absolute atomic E-state index is 12.7. The van der Waals surface area contributed by atoms with Gasteiger partial charge in [-0.1, -0.05) is 76.2 Å². The quantitative estimate of drug-likeness (QED) is 0.485. The molecule has 3 rings (SSSR count). The number of hydrogen-bond donors (Lipinski definition) is 3. The van der Waals surface area contributed by atoms with Crippen molar-refractivity contribution in [2.24, 2.45) is 23.7 Å². The first-order chi connectivity index (χ1) is 16.2. The highest BCUT2D eigenvalue weighted by Crippen LogP contribution is 2.44. The Morgan fingerprint density at radius 1 is 0.824 bits per heavy atom. The van der Waals surface area contributed by atoms with Crippen molar-refractivity contribution >= 4 is 18.0 Å². The Bertz CT molecular complexity index is 988. The normalized spacial score (nSPS) is 14.3. The number of amides is 2. The van der Waals surface area contributed by atoms with Gasteiger partial charge in [0.1, 0.15) is 6.61 Å². The number of aliphatic carboxylic acids is 1. The molecular weight excluding hydrogens is 432 g/mol. The molecule has 0 saturated carbocycles. The van der Waals surface area contributed by atoms with Crippen LogP contribution in [0.1, 0.15) is 44.7 Å². The van der Waals surface area contributed by atoms with E-state index < -0.39 is 23.9 Å². The van der Waals surface area contributed by atoms with E-state index >= 15 is 0 Å². The lowest BCUT2D eigenvalue weighted by atomic mass is 9.93. The molecule has 0 aromatic heterocycles. The number of fused-ring (bicyclic) bond motifs is 3. The van der Waals surface area contributed by atoms with E-state index in [0.717, 1.165) is 22.3 Å². The summed E-state index contributed by atoms with van der Waals surface area (Å²) in [5, 5.41) is 14.8. The molecule has 2 atom stereocenters. The Labute approximate surface area is 200 Å². The van der Waals surface area contributed by atoms with Gasteiger partial charge in [0.25, 0.3) is 0 Å². The zero-order valence-corrected chi connectivity index (χ0v) is 20.2. The minimum absolute atomic E-state index is 0.0358. The SMILES string of the molecule is CC(C)C(CNC(=O)C(CNC(=O)OCC1c2ccccc2-c2ccccc21)C(C)C)C(=O)O. The minimum atomic E-state index is -0.937. The summed E-state index contributed by atoms with van der Waals surface area (Å²) in [4.78, 5) is 36.5. The fourth-order valence-electron chi connectivity index (χ4n) is 4.42. The zero-order valence-electron chi connectivity index (χ0n) is 20.2. The second kappa shape index (κ2) is 11.2. The molecule has 0 bridgehead atoms. The summed E-state index contributed by atoms with van der Waals surface area (Å²) in [5.41, 5.74) is 4.58. The first-order valence-corrected chi connectivity index (χ1v) is 11.8. The Hall–Kier alpha value is -3.35. The summed E-state index contributed by atoms with van der Waals surface area (Å²) in [7, 11) is 0. The van der Waals surface area contributed by atoms with Crippen molar-refractivity contribution in [3.63, 3.8) is 0 Å². The third-order valence-corrected chi connectivity index (χ3v) is 6.57. The van der Waals surface area contributed by atoms with Crippen LogP contribution in [0.5, 0.6) is 0 Å². The molecule has 34 heavy (non-hydrogen) atoms. The van der Waals surface area contributed by atoms with Crippen LogP contribution in [0, 0.1) is 23.7 Å². The molecule has 2 amide bonds. The van der Waals surface area contributed by atoms with E-state index in [-0.39, 0.29) is 43.4 Å². The average Bonchev–Trinajstić information content (AvgIpc) is 3.11. The van der Waals surface area contributed by atoms with Crippen molar-refractivity contribution in [1.82, 2.24) is 10.6 Å². The van der Waals surface area contributed by atoms with Gasteiger partial charge in [0.15, 0.2) is 0 Å². The van der Waals surface area contributed by atoms with Gasteiger partial charge >= 0.3 is 12.1 Å². The van der Waals surface area contributed by atoms with Crippen LogP contribution < -0.4 is 10.6 Å². The Balaban J connectivity index is 1.55. The molecule has 7 heteroatoms. The highest BCUT2D eigenvalue weighted by molar-refractivity contribution is 5.81. The predicted octanol–water partition coefficient (Wildman–Crippen LogP) is 4.27. The molecule has 2 aromatic carbocycles. The van der Waals surface area contributed by atoms with Crippen LogP contribution in [0.4, 0.5) is 4.79 Å². The molecule has 0 spiro atoms. The number of carboxylic acid groups (broad SMARTS) is 1. The van der Waals surface area contributed by atoms with Crippen LogP contribution in [0.3, 0.4) is 0 Å². The Morgan fingerprint density at radius 2 is 1.32 bits per heavy atom. The highest BCUT2D eigenvalue weighted by atomic mass is 16.5. The lowest BCUT2D eigenvalue weighted by Crippen LogP contribution is -2.44. The average molecular weight is 467 g/mol. The molecule has 0 fully saturated rings. The standard InChI is InChI=1S/C27H34N2O5/c1-16(2)22(25(30)28-14-23(17(3)4)26(31)32)13-29-27(33)34-15-24-20-11-7-5-9-18(20)19-10-6-8-12-21(19)24/h5-12,16-17,22-24H,13-15H2,1-4H3,(H,28,30)(H,29,33)(H,31,32). The summed E-state index contributed by atoms with van der Waals surface area (Å²) < 4.78 is 5.55. The van der Waals surface area contributed by atoms with E-state index in [1.807, 2.05) is 52.0 Å². The summed E-state index contributed by atoms with van der Waals surface area (Å²) in [5.74, 6) is -2.56. The number of alkyl carbamates (subject to hydrolysis) is 1. The number of ether oxygens (including phenoxy) is 1. The van der Waals surface area contributed by atoms with Crippen LogP contribution in [0.25, 0.3) is 11.1 Å². The second-order valence-corrected chi connectivity index (χ2v) is 9.49. The van der Waals surface area contributed by atoms with Crippen molar-refractivity contribution < 1.29 is 24.2 Å². The van der Waals surface area contributed by atoms with Gasteiger partial charge in [0.2, 0.25) is 5.91 Å². The third kappa shape index (κ3) is 5.76. The molecule has 0 saturated heterocycles. The van der Waals surface area contributed by atoms with Gasteiger partial charge in [-0.3, -0.25) is 9.59 Å². The Morgan fingerprint density at radius 3 is 1.82 bits per heavy atom. The predicted molar refractivity (Wildman–Crippen MR) is 130 cm³/mol. The molecule has 3 N–H and O–H groups in total. The molecular formula is C27H34N2O5. The van der Waals surface area contributed by atoms with Crippen LogP contribution >= 0.6 is 0 Å². The number of nitrogens with one attached hydrogen (secondary N) is 2. The minimum Gasteiger partial charge on any atom is -0.481 e. The van der Waals surface area contributed by atoms with Gasteiger partial charge in [-0.05, 0) is 34.1 Å². The molecule has 1 aliphatic carbocycles. The number of carbonyl (C=O) groups is 3. The molecule has 2 aromatic rings. The lowest BCUT2D eigenvalue weighted by Gasteiger charge is -2.23. The molecule has 2 unspecified atom stereocenters. The Kier molecular flexibility index (Phi) is 8.31. The maximum Gasteiger partial charge on any atom is 0.407 e. The van der Waals surface area contributed by atoms with E-state index in [2.05, 4.69) is 34.9 Å². The summed E-state index contributed by atoms with van der Waals surface area (Å²) in [6, 6.07) is 16.2. The number of benzene rings is 2. The van der Waals surface area contributed by atoms with Gasteiger partial charge in [-0.25, -0.2) is 4.79 Å². The van der Waals surface area contributed by atoms with Gasteiger partial charge in [-0.15, -0.1) is 0 Å². The topological polar surface area (TPSA) is 105 Å². The number of rotatable bonds is 10. The fraction of sp³-hybridized carbons (Fsp3) is 0.444. The van der Waals surface area contributed by atoms with Crippen molar-refractivity contribution in [2.75, 3.05) is 19.7 Å². The van der Waals surface area contributed by atoms with E-state index in [1.54, 1.807) is 0 Å². The maximum atomic E-state index is 12.7. The van der Waals surface area contributed by atoms with E-state index in [9.17, 15) is 19.5 Å². The van der Waals surface area contributed by atoms with Crippen molar-refractivity contribution in [1.29, 1.82) is 0 Å². The second-order valence-electron chi connectivity index (χ2n) is 9.49. The lowest BCUT2D eigenvalue weighted by molar-refractivity contribution is -0.143. The fourth-order valence-corrected chi connectivity index (χ4v) is 4.42. The van der Waals surface area contributed by atoms with Crippen molar-refractivity contribution in [3.8, 4) is 11.1 Å². The van der Waals surface area contributed by atoms with Gasteiger partial charge < -0.3 is 20.5 Å². The van der Waals surface area contributed by atoms with Crippen LogP contribution in [-0.4, -0.2) is 42.8 Å². The molecule has 0 radical (unpaired) electrons. The first-order valence-electron chi connectivity index (χ1n) is 11.8. The van der Waals surface area contributed by atoms with Crippen molar-refractivity contribution in [2.45, 2.75) is 33.6 Å². The third-order valence-electron chi connectivity index (χ3n) is 6.57. The largest absolute Gasteiger partial charge is 0.481 e. The number of carboxylic acids is 1. The summed E-state index contributed by atoms with van der Waals surface area (Å²) in [6.07, 6.45) is -0.578. The first kappa shape index (κ1) is 25.3. The van der Waals surface area contributed by atoms with E-state index in [4.69, 9.17) is 4.74 Å². The van der Waals surface area contributed by atoms with Crippen LogP contribution in [0.15, 0.2) is 48.5 Å². The highest BCUT2D eigenvalue weighted by Gasteiger charge is 2.30. The molecule has 1 aliphatic rings. The molecule has 0 heterocycles. The summed E-state index contributed by atoms with van der Waals surface area (Å²) in [6.45, 7) is 7.77. The van der Waals surface area contributed by atoms with E-state index in [0.29, 0.717) is 0 Å². The zero-order chi connectivity index (χ0) is 24.8.